The van der Waals surface area contributed by atoms with E-state index in [9.17, 15) is 9.59 Å². The van der Waals surface area contributed by atoms with E-state index in [-0.39, 0.29) is 35.9 Å². The van der Waals surface area contributed by atoms with Crippen molar-refractivity contribution in [3.63, 3.8) is 0 Å². The molecule has 2 unspecified atom stereocenters. The molecule has 1 aromatic carbocycles. The van der Waals surface area contributed by atoms with Crippen LogP contribution in [-0.4, -0.2) is 35.2 Å². The van der Waals surface area contributed by atoms with E-state index >= 15 is 0 Å². The quantitative estimate of drug-likeness (QED) is 0.421. The maximum Gasteiger partial charge on any atom is 0.331 e. The summed E-state index contributed by atoms with van der Waals surface area (Å²) in [4.78, 5) is 25.8. The molecule has 5 nitrogen and oxygen atoms in total. The molecule has 0 aromatic heterocycles. The molecule has 2 bridgehead atoms. The van der Waals surface area contributed by atoms with Crippen LogP contribution in [0.5, 0.6) is 0 Å². The molecular weight excluding hydrogens is 438 g/mol. The second-order valence-electron chi connectivity index (χ2n) is 11.6. The van der Waals surface area contributed by atoms with E-state index in [2.05, 4.69) is 19.2 Å². The van der Waals surface area contributed by atoms with Gasteiger partial charge in [-0.05, 0) is 62.0 Å². The number of amides is 1. The van der Waals surface area contributed by atoms with Crippen molar-refractivity contribution in [1.29, 1.82) is 0 Å². The molecule has 2 aliphatic heterocycles. The van der Waals surface area contributed by atoms with Gasteiger partial charge in [0.2, 0.25) is 5.91 Å². The third-order valence-electron chi connectivity index (χ3n) is 9.65. The highest BCUT2D eigenvalue weighted by atomic mass is 16.6. The summed E-state index contributed by atoms with van der Waals surface area (Å²) in [5.74, 6) is 1.13. The highest BCUT2D eigenvalue weighted by molar-refractivity contribution is 5.87. The lowest BCUT2D eigenvalue weighted by Crippen LogP contribution is -2.63. The zero-order valence-corrected chi connectivity index (χ0v) is 21.5. The van der Waals surface area contributed by atoms with Crippen LogP contribution in [0.4, 0.5) is 0 Å². The lowest BCUT2D eigenvalue weighted by atomic mass is 9.66. The zero-order chi connectivity index (χ0) is 24.6. The second kappa shape index (κ2) is 9.72. The number of ether oxygens (including phenoxy) is 2. The molecule has 5 heteroatoms. The van der Waals surface area contributed by atoms with Crippen molar-refractivity contribution in [2.45, 2.75) is 102 Å². The van der Waals surface area contributed by atoms with Gasteiger partial charge in [-0.2, -0.15) is 0 Å². The van der Waals surface area contributed by atoms with Gasteiger partial charge in [0.25, 0.3) is 0 Å². The molecule has 0 spiro atoms. The fourth-order valence-corrected chi connectivity index (χ4v) is 7.92. The van der Waals surface area contributed by atoms with Crippen LogP contribution in [0.1, 0.15) is 84.1 Å². The van der Waals surface area contributed by atoms with Crippen molar-refractivity contribution >= 4 is 18.0 Å². The normalized spacial score (nSPS) is 38.9. The maximum atomic E-state index is 13.2. The summed E-state index contributed by atoms with van der Waals surface area (Å²) in [5.41, 5.74) is 0.0337. The second-order valence-corrected chi connectivity index (χ2v) is 11.6. The van der Waals surface area contributed by atoms with Crippen LogP contribution in [0, 0.1) is 23.7 Å². The van der Waals surface area contributed by atoms with Gasteiger partial charge in [-0.25, -0.2) is 4.79 Å². The molecule has 4 fully saturated rings. The molecule has 2 aliphatic carbocycles. The summed E-state index contributed by atoms with van der Waals surface area (Å²) in [6.07, 6.45) is 12.3. The minimum absolute atomic E-state index is 0.0433. The largest absolute Gasteiger partial charge is 0.456 e. The lowest BCUT2D eigenvalue weighted by Gasteiger charge is -2.54. The van der Waals surface area contributed by atoms with Gasteiger partial charge in [0, 0.05) is 24.8 Å². The van der Waals surface area contributed by atoms with Crippen molar-refractivity contribution in [3.05, 3.63) is 42.0 Å². The zero-order valence-electron chi connectivity index (χ0n) is 21.5. The van der Waals surface area contributed by atoms with Crippen molar-refractivity contribution in [3.8, 4) is 0 Å². The standard InChI is InChI=1S/C30H41NO4/c1-4-25(32)31-24-19-30(22-13-9-6-10-14-22)28(27-20(2)15-17-23(27)29(24,3)35-30)34-26(33)18-16-21-11-7-5-8-12-21/h5,7-8,11-12,16,18,20,22-24,27-28H,4,6,9-10,13-15,17,19H2,1-3H3,(H,31,32)/b18-16+/t20?,23-,24-,27?,28+,29+,30-/m1/s1. The maximum absolute atomic E-state index is 13.2. The minimum atomic E-state index is -0.531. The van der Waals surface area contributed by atoms with E-state index in [0.717, 1.165) is 37.7 Å². The van der Waals surface area contributed by atoms with Gasteiger partial charge in [0.15, 0.2) is 0 Å². The van der Waals surface area contributed by atoms with Gasteiger partial charge in [-0.1, -0.05) is 63.4 Å². The SMILES string of the molecule is CCC(=O)N[C@@H]1C[C@]2(C3CCCCC3)O[C@@]1(C)[C@@H]1CCC(C)C1[C@@H]2OC(=O)/C=C/c1ccccc1. The molecule has 1 amide bonds. The predicted molar refractivity (Wildman–Crippen MR) is 136 cm³/mol. The number of nitrogens with one attached hydrogen (secondary N) is 1. The first kappa shape index (κ1) is 24.5. The molecule has 5 rings (SSSR count). The molecule has 2 saturated carbocycles. The topological polar surface area (TPSA) is 64.6 Å². The number of carbonyl (C=O) groups excluding carboxylic acids is 2. The van der Waals surface area contributed by atoms with Gasteiger partial charge in [-0.15, -0.1) is 0 Å². The van der Waals surface area contributed by atoms with Crippen LogP contribution >= 0.6 is 0 Å². The summed E-state index contributed by atoms with van der Waals surface area (Å²) >= 11 is 0. The summed E-state index contributed by atoms with van der Waals surface area (Å²) < 4.78 is 13.6. The molecule has 4 aliphatic rings. The minimum Gasteiger partial charge on any atom is -0.456 e. The first-order valence-corrected chi connectivity index (χ1v) is 13.8. The Bertz CT molecular complexity index is 954. The summed E-state index contributed by atoms with van der Waals surface area (Å²) in [6, 6.07) is 9.82. The van der Waals surface area contributed by atoms with E-state index in [1.807, 2.05) is 43.3 Å². The summed E-state index contributed by atoms with van der Waals surface area (Å²) in [5, 5.41) is 3.33. The van der Waals surface area contributed by atoms with E-state index in [4.69, 9.17) is 9.47 Å². The van der Waals surface area contributed by atoms with E-state index in [1.54, 1.807) is 6.08 Å². The molecule has 35 heavy (non-hydrogen) atoms. The fraction of sp³-hybridized carbons (Fsp3) is 0.667. The number of esters is 1. The first-order chi connectivity index (χ1) is 16.9. The smallest absolute Gasteiger partial charge is 0.331 e. The molecule has 1 aromatic rings. The average molecular weight is 480 g/mol. The highest BCUT2D eigenvalue weighted by Crippen LogP contribution is 2.63. The van der Waals surface area contributed by atoms with Crippen molar-refractivity contribution in [1.82, 2.24) is 5.32 Å². The van der Waals surface area contributed by atoms with Gasteiger partial charge >= 0.3 is 5.97 Å². The third kappa shape index (κ3) is 4.34. The lowest BCUT2D eigenvalue weighted by molar-refractivity contribution is -0.265. The van der Waals surface area contributed by atoms with Crippen LogP contribution in [0.25, 0.3) is 6.08 Å². The molecule has 190 valence electrons. The van der Waals surface area contributed by atoms with Crippen LogP contribution in [0.15, 0.2) is 36.4 Å². The fourth-order valence-electron chi connectivity index (χ4n) is 7.92. The third-order valence-corrected chi connectivity index (χ3v) is 9.65. The van der Waals surface area contributed by atoms with Crippen LogP contribution in [-0.2, 0) is 19.1 Å². The van der Waals surface area contributed by atoms with Gasteiger partial charge in [0.1, 0.15) is 11.7 Å². The highest BCUT2D eigenvalue weighted by Gasteiger charge is 2.72. The number of hydrogen-bond acceptors (Lipinski definition) is 4. The van der Waals surface area contributed by atoms with Gasteiger partial charge in [0.05, 0.1) is 11.6 Å². The van der Waals surface area contributed by atoms with Crippen molar-refractivity contribution in [2.24, 2.45) is 23.7 Å². The summed E-state index contributed by atoms with van der Waals surface area (Å²) in [7, 11) is 0. The molecule has 2 saturated heterocycles. The number of fused-ring (bicyclic) bond motifs is 4. The van der Waals surface area contributed by atoms with Crippen LogP contribution in [0.3, 0.4) is 0 Å². The molecule has 7 atom stereocenters. The predicted octanol–water partition coefficient (Wildman–Crippen LogP) is 5.68. The first-order valence-electron chi connectivity index (χ1n) is 13.8. The number of benzene rings is 1. The monoisotopic (exact) mass is 479 g/mol. The van der Waals surface area contributed by atoms with Gasteiger partial charge in [-0.3, -0.25) is 4.79 Å². The number of hydrogen-bond donors (Lipinski definition) is 1. The average Bonchev–Trinajstić information content (AvgIpc) is 3.39. The Morgan fingerprint density at radius 1 is 1.11 bits per heavy atom. The molecule has 1 N–H and O–H groups in total. The Balaban J connectivity index is 1.50. The van der Waals surface area contributed by atoms with Crippen LogP contribution in [0.2, 0.25) is 0 Å². The Morgan fingerprint density at radius 3 is 2.57 bits per heavy atom. The van der Waals surface area contributed by atoms with Crippen molar-refractivity contribution < 1.29 is 19.1 Å². The summed E-state index contributed by atoms with van der Waals surface area (Å²) in [6.45, 7) is 6.44. The Kier molecular flexibility index (Phi) is 6.82. The van der Waals surface area contributed by atoms with Gasteiger partial charge < -0.3 is 14.8 Å². The molecule has 2 heterocycles. The van der Waals surface area contributed by atoms with E-state index in [0.29, 0.717) is 18.3 Å². The molecular formula is C30H41NO4. The van der Waals surface area contributed by atoms with Crippen LogP contribution < -0.4 is 5.32 Å². The Morgan fingerprint density at radius 2 is 1.86 bits per heavy atom. The molecule has 0 radical (unpaired) electrons. The Hall–Kier alpha value is -2.14. The Labute approximate surface area is 210 Å². The van der Waals surface area contributed by atoms with E-state index in [1.165, 1.54) is 19.3 Å². The van der Waals surface area contributed by atoms with E-state index < -0.39 is 11.2 Å². The van der Waals surface area contributed by atoms with Crippen molar-refractivity contribution in [2.75, 3.05) is 0 Å². The number of carbonyl (C=O) groups is 2. The number of rotatable bonds is 6.